The first kappa shape index (κ1) is 22.4. The molecule has 0 spiro atoms. The Labute approximate surface area is 192 Å². The molecule has 8 heteroatoms. The van der Waals surface area contributed by atoms with E-state index >= 15 is 0 Å². The van der Waals surface area contributed by atoms with Gasteiger partial charge < -0.3 is 23.8 Å². The maximum absolute atomic E-state index is 13.4. The highest BCUT2D eigenvalue weighted by Crippen LogP contribution is 2.33. The maximum Gasteiger partial charge on any atom is 0.276 e. The predicted molar refractivity (Wildman–Crippen MR) is 122 cm³/mol. The largest absolute Gasteiger partial charge is 0.497 e. The molecule has 1 saturated heterocycles. The van der Waals surface area contributed by atoms with Gasteiger partial charge in [0.1, 0.15) is 18.0 Å². The zero-order chi connectivity index (χ0) is 23.2. The van der Waals surface area contributed by atoms with Crippen LogP contribution in [0, 0.1) is 0 Å². The average molecular weight is 450 g/mol. The van der Waals surface area contributed by atoms with Crippen LogP contribution in [0.2, 0.25) is 0 Å². The van der Waals surface area contributed by atoms with E-state index in [1.54, 1.807) is 38.5 Å². The number of amides is 2. The Balaban J connectivity index is 1.58. The average Bonchev–Trinajstić information content (AvgIpc) is 3.56. The van der Waals surface area contributed by atoms with Crippen LogP contribution in [-0.2, 0) is 11.3 Å². The summed E-state index contributed by atoms with van der Waals surface area (Å²) >= 11 is 0. The van der Waals surface area contributed by atoms with Crippen molar-refractivity contribution in [3.63, 3.8) is 0 Å². The van der Waals surface area contributed by atoms with Gasteiger partial charge in [0.05, 0.1) is 19.8 Å². The molecular formula is C25H27N3O5. The normalized spacial score (nSPS) is 13.1. The number of hydrogen-bond donors (Lipinski definition) is 0. The Hall–Kier alpha value is -3.81. The SMILES string of the molecule is COc1ccc(-c2cc(C(=O)N(CC(=O)N3CCCC3)Cc3ccccc3)no2)c(OC)c1. The van der Waals surface area contributed by atoms with Gasteiger partial charge in [0.25, 0.3) is 5.91 Å². The van der Waals surface area contributed by atoms with E-state index in [4.69, 9.17) is 14.0 Å². The topological polar surface area (TPSA) is 85.1 Å². The number of aromatic nitrogens is 1. The molecule has 0 saturated carbocycles. The number of carbonyl (C=O) groups is 2. The Morgan fingerprint density at radius 2 is 1.79 bits per heavy atom. The number of nitrogens with zero attached hydrogens (tertiary/aromatic N) is 3. The first-order valence-electron chi connectivity index (χ1n) is 10.9. The Bertz CT molecular complexity index is 1110. The van der Waals surface area contributed by atoms with Gasteiger partial charge in [0.15, 0.2) is 11.5 Å². The molecule has 2 amide bonds. The molecule has 1 fully saturated rings. The van der Waals surface area contributed by atoms with Gasteiger partial charge in [-0.1, -0.05) is 35.5 Å². The summed E-state index contributed by atoms with van der Waals surface area (Å²) in [6.07, 6.45) is 1.99. The predicted octanol–water partition coefficient (Wildman–Crippen LogP) is 3.62. The minimum atomic E-state index is -0.367. The van der Waals surface area contributed by atoms with E-state index in [0.717, 1.165) is 31.5 Å². The lowest BCUT2D eigenvalue weighted by molar-refractivity contribution is -0.130. The van der Waals surface area contributed by atoms with Crippen molar-refractivity contribution >= 4 is 11.8 Å². The van der Waals surface area contributed by atoms with E-state index in [-0.39, 0.29) is 24.1 Å². The lowest BCUT2D eigenvalue weighted by Crippen LogP contribution is -2.41. The molecule has 172 valence electrons. The van der Waals surface area contributed by atoms with Crippen LogP contribution < -0.4 is 9.47 Å². The molecule has 4 rings (SSSR count). The van der Waals surface area contributed by atoms with Gasteiger partial charge in [-0.2, -0.15) is 0 Å². The van der Waals surface area contributed by atoms with Crippen molar-refractivity contribution in [3.05, 3.63) is 65.9 Å². The minimum absolute atomic E-state index is 0.0121. The molecule has 0 N–H and O–H groups in total. The fraction of sp³-hybridized carbons (Fsp3) is 0.320. The van der Waals surface area contributed by atoms with Crippen molar-refractivity contribution in [1.82, 2.24) is 15.0 Å². The number of methoxy groups -OCH3 is 2. The summed E-state index contributed by atoms with van der Waals surface area (Å²) in [5.74, 6) is 1.14. The third-order valence-corrected chi connectivity index (χ3v) is 5.69. The summed E-state index contributed by atoms with van der Waals surface area (Å²) in [6, 6.07) is 16.4. The van der Waals surface area contributed by atoms with E-state index in [2.05, 4.69) is 5.16 Å². The highest BCUT2D eigenvalue weighted by Gasteiger charge is 2.27. The number of carbonyl (C=O) groups excluding carboxylic acids is 2. The second-order valence-corrected chi connectivity index (χ2v) is 7.88. The molecule has 33 heavy (non-hydrogen) atoms. The van der Waals surface area contributed by atoms with Crippen molar-refractivity contribution in [1.29, 1.82) is 0 Å². The molecule has 0 unspecified atom stereocenters. The van der Waals surface area contributed by atoms with Crippen LogP contribution in [0.25, 0.3) is 11.3 Å². The van der Waals surface area contributed by atoms with Gasteiger partial charge in [-0.15, -0.1) is 0 Å². The second kappa shape index (κ2) is 10.2. The van der Waals surface area contributed by atoms with E-state index in [9.17, 15) is 9.59 Å². The first-order valence-corrected chi connectivity index (χ1v) is 10.9. The van der Waals surface area contributed by atoms with Crippen LogP contribution in [0.4, 0.5) is 0 Å². The third kappa shape index (κ3) is 5.16. The standard InChI is InChI=1S/C25H27N3O5/c1-31-19-10-11-20(22(14-19)32-2)23-15-21(26-33-23)25(30)28(16-18-8-4-3-5-9-18)17-24(29)27-12-6-7-13-27/h3-5,8-11,14-15H,6-7,12-13,16-17H2,1-2H3. The Morgan fingerprint density at radius 1 is 1.03 bits per heavy atom. The van der Waals surface area contributed by atoms with E-state index in [1.807, 2.05) is 35.2 Å². The highest BCUT2D eigenvalue weighted by atomic mass is 16.5. The molecule has 2 heterocycles. The maximum atomic E-state index is 13.4. The number of rotatable bonds is 8. The molecule has 1 aliphatic heterocycles. The number of ether oxygens (including phenoxy) is 2. The van der Waals surface area contributed by atoms with Crippen molar-refractivity contribution in [2.45, 2.75) is 19.4 Å². The molecular weight excluding hydrogens is 422 g/mol. The Morgan fingerprint density at radius 3 is 2.48 bits per heavy atom. The summed E-state index contributed by atoms with van der Waals surface area (Å²) in [5, 5.41) is 4.00. The van der Waals surface area contributed by atoms with Crippen LogP contribution >= 0.6 is 0 Å². The summed E-state index contributed by atoms with van der Waals surface area (Å²) in [7, 11) is 3.12. The molecule has 2 aromatic carbocycles. The first-order chi connectivity index (χ1) is 16.1. The quantitative estimate of drug-likeness (QED) is 0.522. The van der Waals surface area contributed by atoms with Crippen LogP contribution in [0.15, 0.2) is 59.1 Å². The molecule has 8 nitrogen and oxygen atoms in total. The highest BCUT2D eigenvalue weighted by molar-refractivity contribution is 5.95. The smallest absolute Gasteiger partial charge is 0.276 e. The summed E-state index contributed by atoms with van der Waals surface area (Å²) in [4.78, 5) is 29.5. The van der Waals surface area contributed by atoms with Crippen LogP contribution in [0.5, 0.6) is 11.5 Å². The summed E-state index contributed by atoms with van der Waals surface area (Å²) in [5.41, 5.74) is 1.71. The summed E-state index contributed by atoms with van der Waals surface area (Å²) < 4.78 is 16.1. The van der Waals surface area contributed by atoms with E-state index < -0.39 is 0 Å². The molecule has 1 aromatic heterocycles. The minimum Gasteiger partial charge on any atom is -0.497 e. The summed E-state index contributed by atoms with van der Waals surface area (Å²) in [6.45, 7) is 1.75. The molecule has 1 aliphatic rings. The zero-order valence-corrected chi connectivity index (χ0v) is 18.8. The van der Waals surface area contributed by atoms with Crippen molar-refractivity contribution < 1.29 is 23.6 Å². The van der Waals surface area contributed by atoms with Crippen molar-refractivity contribution in [2.75, 3.05) is 33.9 Å². The zero-order valence-electron chi connectivity index (χ0n) is 18.8. The van der Waals surface area contributed by atoms with Gasteiger partial charge in [-0.25, -0.2) is 0 Å². The van der Waals surface area contributed by atoms with Crippen LogP contribution in [0.3, 0.4) is 0 Å². The molecule has 0 atom stereocenters. The monoisotopic (exact) mass is 449 g/mol. The van der Waals surface area contributed by atoms with Gasteiger partial charge in [-0.05, 0) is 30.5 Å². The lowest BCUT2D eigenvalue weighted by Gasteiger charge is -2.24. The fourth-order valence-corrected chi connectivity index (χ4v) is 3.90. The second-order valence-electron chi connectivity index (χ2n) is 7.88. The molecule has 3 aromatic rings. The van der Waals surface area contributed by atoms with Crippen molar-refractivity contribution in [2.24, 2.45) is 0 Å². The van der Waals surface area contributed by atoms with Gasteiger partial charge in [0, 0.05) is 31.8 Å². The van der Waals surface area contributed by atoms with Crippen molar-refractivity contribution in [3.8, 4) is 22.8 Å². The number of hydrogen-bond acceptors (Lipinski definition) is 6. The fourth-order valence-electron chi connectivity index (χ4n) is 3.90. The van der Waals surface area contributed by atoms with Crippen LogP contribution in [0.1, 0.15) is 28.9 Å². The Kier molecular flexibility index (Phi) is 6.92. The van der Waals surface area contributed by atoms with E-state index in [0.29, 0.717) is 29.4 Å². The van der Waals surface area contributed by atoms with Gasteiger partial charge >= 0.3 is 0 Å². The number of likely N-dealkylation sites (tertiary alicyclic amines) is 1. The molecule has 0 bridgehead atoms. The number of benzene rings is 2. The molecule has 0 radical (unpaired) electrons. The van der Waals surface area contributed by atoms with Gasteiger partial charge in [0.2, 0.25) is 5.91 Å². The lowest BCUT2D eigenvalue weighted by atomic mass is 10.1. The van der Waals surface area contributed by atoms with E-state index in [1.165, 1.54) is 4.90 Å². The third-order valence-electron chi connectivity index (χ3n) is 5.69. The van der Waals surface area contributed by atoms with Gasteiger partial charge in [-0.3, -0.25) is 9.59 Å². The van der Waals surface area contributed by atoms with Crippen LogP contribution in [-0.4, -0.2) is 60.6 Å². The molecule has 0 aliphatic carbocycles.